The van der Waals surface area contributed by atoms with Gasteiger partial charge >= 0.3 is 11.9 Å². The van der Waals surface area contributed by atoms with Crippen LogP contribution < -0.4 is 10.1 Å². The number of hydrogen-bond donors (Lipinski definition) is 1. The van der Waals surface area contributed by atoms with E-state index in [4.69, 9.17) is 14.2 Å². The minimum absolute atomic E-state index is 0.140. The lowest BCUT2D eigenvalue weighted by molar-refractivity contribution is -0.142. The van der Waals surface area contributed by atoms with Crippen molar-refractivity contribution in [1.82, 2.24) is 0 Å². The minimum atomic E-state index is -0.532. The third-order valence-electron chi connectivity index (χ3n) is 4.22. The Hall–Kier alpha value is -3.35. The van der Waals surface area contributed by atoms with Gasteiger partial charge in [0.1, 0.15) is 5.56 Å². The van der Waals surface area contributed by atoms with E-state index in [1.807, 2.05) is 24.3 Å². The first-order valence-electron chi connectivity index (χ1n) is 9.03. The van der Waals surface area contributed by atoms with Crippen LogP contribution in [0.3, 0.4) is 0 Å². The first-order valence-corrected chi connectivity index (χ1v) is 9.03. The van der Waals surface area contributed by atoms with Crippen LogP contribution in [0.1, 0.15) is 28.4 Å². The van der Waals surface area contributed by atoms with Gasteiger partial charge in [0.15, 0.2) is 12.4 Å². The van der Waals surface area contributed by atoms with Gasteiger partial charge in [-0.3, -0.25) is 9.59 Å². The van der Waals surface area contributed by atoms with Crippen molar-refractivity contribution in [3.8, 4) is 5.75 Å². The molecule has 0 fully saturated rings. The van der Waals surface area contributed by atoms with Crippen LogP contribution >= 0.6 is 0 Å². The Morgan fingerprint density at radius 1 is 1.07 bits per heavy atom. The van der Waals surface area contributed by atoms with Crippen LogP contribution in [0.15, 0.2) is 42.5 Å². The fourth-order valence-corrected chi connectivity index (χ4v) is 2.95. The average molecular weight is 383 g/mol. The van der Waals surface area contributed by atoms with Crippen molar-refractivity contribution in [3.05, 3.63) is 59.2 Å². The summed E-state index contributed by atoms with van der Waals surface area (Å²) in [4.78, 5) is 35.6. The second-order valence-corrected chi connectivity index (χ2v) is 6.16. The highest BCUT2D eigenvalue weighted by Crippen LogP contribution is 2.32. The van der Waals surface area contributed by atoms with Crippen LogP contribution in [0.4, 0.5) is 5.69 Å². The molecule has 3 rings (SSSR count). The molecule has 0 aromatic heterocycles. The van der Waals surface area contributed by atoms with Crippen molar-refractivity contribution in [1.29, 1.82) is 0 Å². The molecule has 0 unspecified atom stereocenters. The molecule has 1 aliphatic rings. The van der Waals surface area contributed by atoms with Gasteiger partial charge in [0.2, 0.25) is 0 Å². The van der Waals surface area contributed by atoms with Crippen molar-refractivity contribution in [2.75, 3.05) is 25.1 Å². The predicted octanol–water partition coefficient (Wildman–Crippen LogP) is 2.52. The molecule has 0 saturated heterocycles. The molecule has 7 nitrogen and oxygen atoms in total. The molecule has 0 spiro atoms. The van der Waals surface area contributed by atoms with E-state index in [1.165, 1.54) is 0 Å². The summed E-state index contributed by atoms with van der Waals surface area (Å²) in [5.74, 6) is -0.774. The van der Waals surface area contributed by atoms with Gasteiger partial charge in [0.25, 0.3) is 5.91 Å². The highest BCUT2D eigenvalue weighted by molar-refractivity contribution is 6.01. The molecule has 7 heteroatoms. The van der Waals surface area contributed by atoms with E-state index in [-0.39, 0.29) is 37.1 Å². The average Bonchev–Trinajstić information content (AvgIpc) is 2.68. The van der Waals surface area contributed by atoms with Crippen LogP contribution in [0.5, 0.6) is 5.75 Å². The highest BCUT2D eigenvalue weighted by atomic mass is 16.5. The second kappa shape index (κ2) is 9.03. The maximum Gasteiger partial charge on any atom is 0.342 e. The third-order valence-corrected chi connectivity index (χ3v) is 4.22. The van der Waals surface area contributed by atoms with Crippen LogP contribution in [0, 0.1) is 0 Å². The zero-order chi connectivity index (χ0) is 19.9. The second-order valence-electron chi connectivity index (χ2n) is 6.16. The van der Waals surface area contributed by atoms with Gasteiger partial charge < -0.3 is 19.5 Å². The number of carbonyl (C=O) groups is 3. The molecule has 0 bridgehead atoms. The van der Waals surface area contributed by atoms with Crippen molar-refractivity contribution in [2.24, 2.45) is 0 Å². The fraction of sp³-hybridized carbons (Fsp3) is 0.286. The molecule has 0 radical (unpaired) electrons. The first kappa shape index (κ1) is 19.4. The molecule has 0 aliphatic carbocycles. The summed E-state index contributed by atoms with van der Waals surface area (Å²) >= 11 is 0. The Labute approximate surface area is 162 Å². The topological polar surface area (TPSA) is 90.9 Å². The summed E-state index contributed by atoms with van der Waals surface area (Å²) in [5.41, 5.74) is 2.48. The van der Waals surface area contributed by atoms with Crippen molar-refractivity contribution < 1.29 is 28.6 Å². The number of amides is 1. The molecule has 1 aliphatic heterocycles. The number of carbonyl (C=O) groups excluding carboxylic acids is 3. The first-order chi connectivity index (χ1) is 13.6. The maximum atomic E-state index is 12.4. The monoisotopic (exact) mass is 383 g/mol. The third kappa shape index (κ3) is 4.68. The standard InChI is InChI=1S/C21H21NO6/c1-2-26-19(24)12-15-7-4-3-6-14(15)10-11-27-21(25)16-8-5-9-17-20(16)28-13-18(23)22-17/h3-9H,2,10-13H2,1H3,(H,22,23). The molecule has 0 atom stereocenters. The number of nitrogens with one attached hydrogen (secondary N) is 1. The van der Waals surface area contributed by atoms with E-state index in [1.54, 1.807) is 25.1 Å². The van der Waals surface area contributed by atoms with Crippen molar-refractivity contribution >= 4 is 23.5 Å². The Bertz CT molecular complexity index is 892. The van der Waals surface area contributed by atoms with Crippen molar-refractivity contribution in [3.63, 3.8) is 0 Å². The quantitative estimate of drug-likeness (QED) is 0.739. The summed E-state index contributed by atoms with van der Waals surface area (Å²) in [6.45, 7) is 2.11. The Balaban J connectivity index is 1.62. The number of ether oxygens (including phenoxy) is 3. The van der Waals surface area contributed by atoms with Gasteiger partial charge in [-0.05, 0) is 30.2 Å². The van der Waals surface area contributed by atoms with Gasteiger partial charge in [-0.15, -0.1) is 0 Å². The van der Waals surface area contributed by atoms with E-state index < -0.39 is 5.97 Å². The van der Waals surface area contributed by atoms with Gasteiger partial charge in [0.05, 0.1) is 25.3 Å². The lowest BCUT2D eigenvalue weighted by Crippen LogP contribution is -2.26. The number of esters is 2. The predicted molar refractivity (Wildman–Crippen MR) is 101 cm³/mol. The van der Waals surface area contributed by atoms with Crippen LogP contribution in [-0.4, -0.2) is 37.7 Å². The van der Waals surface area contributed by atoms with Crippen LogP contribution in [0.25, 0.3) is 0 Å². The number of fused-ring (bicyclic) bond motifs is 1. The van der Waals surface area contributed by atoms with Crippen molar-refractivity contribution in [2.45, 2.75) is 19.8 Å². The smallest absolute Gasteiger partial charge is 0.342 e. The molecule has 28 heavy (non-hydrogen) atoms. The van der Waals surface area contributed by atoms with E-state index in [2.05, 4.69) is 5.32 Å². The van der Waals surface area contributed by atoms with Gasteiger partial charge in [0, 0.05) is 6.42 Å². The molecule has 2 aromatic carbocycles. The zero-order valence-corrected chi connectivity index (χ0v) is 15.5. The lowest BCUT2D eigenvalue weighted by Gasteiger charge is -2.20. The lowest BCUT2D eigenvalue weighted by atomic mass is 10.0. The molecule has 146 valence electrons. The van der Waals surface area contributed by atoms with E-state index in [0.717, 1.165) is 11.1 Å². The van der Waals surface area contributed by atoms with E-state index >= 15 is 0 Å². The van der Waals surface area contributed by atoms with Gasteiger partial charge in [-0.2, -0.15) is 0 Å². The Kier molecular flexibility index (Phi) is 6.26. The Morgan fingerprint density at radius 2 is 1.86 bits per heavy atom. The van der Waals surface area contributed by atoms with E-state index in [0.29, 0.717) is 24.5 Å². The maximum absolute atomic E-state index is 12.4. The molecule has 1 N–H and O–H groups in total. The summed E-state index contributed by atoms with van der Waals surface area (Å²) in [6, 6.07) is 12.4. The summed E-state index contributed by atoms with van der Waals surface area (Å²) in [5, 5.41) is 2.66. The highest BCUT2D eigenvalue weighted by Gasteiger charge is 2.23. The zero-order valence-electron chi connectivity index (χ0n) is 15.5. The Morgan fingerprint density at radius 3 is 2.64 bits per heavy atom. The fourth-order valence-electron chi connectivity index (χ4n) is 2.95. The number of para-hydroxylation sites is 1. The molecule has 2 aromatic rings. The summed E-state index contributed by atoms with van der Waals surface area (Å²) < 4.78 is 15.8. The van der Waals surface area contributed by atoms with E-state index in [9.17, 15) is 14.4 Å². The molecule has 1 amide bonds. The molecular weight excluding hydrogens is 362 g/mol. The molecular formula is C21H21NO6. The van der Waals surface area contributed by atoms with Crippen LogP contribution in [0.2, 0.25) is 0 Å². The largest absolute Gasteiger partial charge is 0.481 e. The van der Waals surface area contributed by atoms with Crippen LogP contribution in [-0.2, 0) is 31.9 Å². The number of rotatable bonds is 7. The van der Waals surface area contributed by atoms with Gasteiger partial charge in [-0.25, -0.2) is 4.79 Å². The molecule has 1 heterocycles. The van der Waals surface area contributed by atoms with Gasteiger partial charge in [-0.1, -0.05) is 30.3 Å². The number of benzene rings is 2. The summed E-state index contributed by atoms with van der Waals surface area (Å²) in [7, 11) is 0. The number of anilines is 1. The molecule has 0 saturated carbocycles. The normalized spacial score (nSPS) is 12.4. The summed E-state index contributed by atoms with van der Waals surface area (Å²) in [6.07, 6.45) is 0.644. The number of hydrogen-bond acceptors (Lipinski definition) is 6. The SMILES string of the molecule is CCOC(=O)Cc1ccccc1CCOC(=O)c1cccc2c1OCC(=O)N2. The minimum Gasteiger partial charge on any atom is -0.481 e.